The van der Waals surface area contributed by atoms with Gasteiger partial charge in [-0.3, -0.25) is 0 Å². The number of ether oxygens (including phenoxy) is 1. The second-order valence-corrected chi connectivity index (χ2v) is 1.37. The molecule has 1 heterocycles. The first-order valence-electron chi connectivity index (χ1n) is 3.10. The van der Waals surface area contributed by atoms with Crippen LogP contribution in [0.5, 0.6) is 0 Å². The third kappa shape index (κ3) is 3.64. The van der Waals surface area contributed by atoms with Gasteiger partial charge in [-0.1, -0.05) is 13.8 Å². The van der Waals surface area contributed by atoms with Gasteiger partial charge in [-0.25, -0.2) is 0 Å². The lowest BCUT2D eigenvalue weighted by atomic mass is 10.7. The van der Waals surface area contributed by atoms with Crippen molar-refractivity contribution in [2.45, 2.75) is 13.8 Å². The van der Waals surface area contributed by atoms with Crippen LogP contribution in [-0.4, -0.2) is 11.9 Å². The quantitative estimate of drug-likeness (QED) is 0.493. The van der Waals surface area contributed by atoms with Gasteiger partial charge in [0.1, 0.15) is 12.5 Å². The van der Waals surface area contributed by atoms with Crippen LogP contribution in [0.1, 0.15) is 13.8 Å². The fourth-order valence-corrected chi connectivity index (χ4v) is 0.357. The normalized spacial score (nSPS) is 13.9. The molecule has 0 spiro atoms. The first-order valence-corrected chi connectivity index (χ1v) is 3.10. The van der Waals surface area contributed by atoms with Crippen LogP contribution < -0.4 is 0 Å². The van der Waals surface area contributed by atoms with E-state index in [-0.39, 0.29) is 0 Å². The van der Waals surface area contributed by atoms with Crippen molar-refractivity contribution >= 4 is 0 Å². The van der Waals surface area contributed by atoms with Crippen LogP contribution in [-0.2, 0) is 4.74 Å². The lowest BCUT2D eigenvalue weighted by molar-refractivity contribution is 0.361. The van der Waals surface area contributed by atoms with Crippen molar-refractivity contribution in [3.63, 3.8) is 0 Å². The molecule has 0 saturated heterocycles. The summed E-state index contributed by atoms with van der Waals surface area (Å²) in [5, 5.41) is 0. The lowest BCUT2D eigenvalue weighted by Gasteiger charge is -2.08. The molecule has 0 atom stereocenters. The van der Waals surface area contributed by atoms with Gasteiger partial charge < -0.3 is 9.64 Å². The second kappa shape index (κ2) is 5.22. The van der Waals surface area contributed by atoms with Gasteiger partial charge in [0.05, 0.1) is 0 Å². The van der Waals surface area contributed by atoms with Crippen molar-refractivity contribution < 1.29 is 4.74 Å². The molecule has 1 aliphatic heterocycles. The van der Waals surface area contributed by atoms with Crippen molar-refractivity contribution in [3.05, 3.63) is 24.9 Å². The summed E-state index contributed by atoms with van der Waals surface area (Å²) in [7, 11) is 1.94. The molecule has 2 heteroatoms. The lowest BCUT2D eigenvalue weighted by Crippen LogP contribution is -2.02. The zero-order valence-electron chi connectivity index (χ0n) is 6.16. The average Bonchev–Trinajstić information content (AvgIpc) is 1.94. The predicted octanol–water partition coefficient (Wildman–Crippen LogP) is 1.92. The minimum Gasteiger partial charge on any atom is -0.470 e. The SMILES string of the molecule is CC.CN1C=COC=C1. The number of rotatable bonds is 0. The second-order valence-electron chi connectivity index (χ2n) is 1.37. The third-order valence-corrected chi connectivity index (χ3v) is 0.749. The molecule has 1 aliphatic rings. The molecule has 0 unspecified atom stereocenters. The molecule has 0 aromatic heterocycles. The van der Waals surface area contributed by atoms with E-state index in [2.05, 4.69) is 0 Å². The van der Waals surface area contributed by atoms with Gasteiger partial charge in [-0.15, -0.1) is 0 Å². The van der Waals surface area contributed by atoms with Gasteiger partial charge in [0.15, 0.2) is 0 Å². The van der Waals surface area contributed by atoms with E-state index in [1.54, 1.807) is 12.5 Å². The van der Waals surface area contributed by atoms with Crippen molar-refractivity contribution in [1.82, 2.24) is 4.90 Å². The third-order valence-electron chi connectivity index (χ3n) is 0.749. The first-order chi connectivity index (χ1) is 4.39. The van der Waals surface area contributed by atoms with Gasteiger partial charge in [0.25, 0.3) is 0 Å². The van der Waals surface area contributed by atoms with E-state index in [0.717, 1.165) is 0 Å². The minimum absolute atomic E-state index is 1.62. The number of hydrogen-bond acceptors (Lipinski definition) is 2. The van der Waals surface area contributed by atoms with Crippen LogP contribution in [0.2, 0.25) is 0 Å². The van der Waals surface area contributed by atoms with Gasteiger partial charge in [0, 0.05) is 19.4 Å². The monoisotopic (exact) mass is 127 g/mol. The molecule has 0 aromatic rings. The Morgan fingerprint density at radius 2 is 1.56 bits per heavy atom. The molecule has 52 valence electrons. The van der Waals surface area contributed by atoms with Gasteiger partial charge in [0.2, 0.25) is 0 Å². The van der Waals surface area contributed by atoms with Crippen molar-refractivity contribution in [1.29, 1.82) is 0 Å². The maximum absolute atomic E-state index is 4.74. The maximum atomic E-state index is 4.74. The van der Waals surface area contributed by atoms with Crippen LogP contribution in [0.3, 0.4) is 0 Å². The zero-order valence-corrected chi connectivity index (χ0v) is 6.16. The van der Waals surface area contributed by atoms with Crippen LogP contribution in [0.15, 0.2) is 24.9 Å². The molecule has 1 rings (SSSR count). The Hall–Kier alpha value is -0.920. The molecule has 2 nitrogen and oxygen atoms in total. The molecule has 9 heavy (non-hydrogen) atoms. The van der Waals surface area contributed by atoms with E-state index in [9.17, 15) is 0 Å². The molecule has 0 aliphatic carbocycles. The molecule has 0 aromatic carbocycles. The summed E-state index contributed by atoms with van der Waals surface area (Å²) in [5.74, 6) is 0. The fraction of sp³-hybridized carbons (Fsp3) is 0.429. The summed E-state index contributed by atoms with van der Waals surface area (Å²) in [6, 6.07) is 0. The maximum Gasteiger partial charge on any atom is 0.106 e. The van der Waals surface area contributed by atoms with Crippen molar-refractivity contribution in [3.8, 4) is 0 Å². The summed E-state index contributed by atoms with van der Waals surface area (Å²) in [6.07, 6.45) is 6.92. The smallest absolute Gasteiger partial charge is 0.106 e. The minimum atomic E-state index is 1.62. The molecule has 0 fully saturated rings. The van der Waals surface area contributed by atoms with E-state index >= 15 is 0 Å². The summed E-state index contributed by atoms with van der Waals surface area (Å²) < 4.78 is 4.74. The van der Waals surface area contributed by atoms with E-state index in [1.165, 1.54) is 0 Å². The Morgan fingerprint density at radius 3 is 1.78 bits per heavy atom. The topological polar surface area (TPSA) is 12.5 Å². The van der Waals surface area contributed by atoms with Crippen molar-refractivity contribution in [2.75, 3.05) is 7.05 Å². The molecular formula is C7H13NO. The fourth-order valence-electron chi connectivity index (χ4n) is 0.357. The molecule has 0 radical (unpaired) electrons. The molecule has 0 bridgehead atoms. The first kappa shape index (κ1) is 8.08. The van der Waals surface area contributed by atoms with Crippen LogP contribution in [0, 0.1) is 0 Å². The summed E-state index contributed by atoms with van der Waals surface area (Å²) in [6.45, 7) is 4.00. The zero-order chi connectivity index (χ0) is 7.11. The van der Waals surface area contributed by atoms with Crippen LogP contribution in [0.4, 0.5) is 0 Å². The summed E-state index contributed by atoms with van der Waals surface area (Å²) >= 11 is 0. The standard InChI is InChI=1S/C5H7NO.C2H6/c1-6-2-4-7-5-3-6;1-2/h2-5H,1H3;1-2H3. The predicted molar refractivity (Wildman–Crippen MR) is 38.5 cm³/mol. The highest BCUT2D eigenvalue weighted by Crippen LogP contribution is 1.93. The Kier molecular flexibility index (Phi) is 4.69. The molecular weight excluding hydrogens is 114 g/mol. The van der Waals surface area contributed by atoms with Crippen LogP contribution >= 0.6 is 0 Å². The Labute approximate surface area is 56.4 Å². The Morgan fingerprint density at radius 1 is 1.11 bits per heavy atom. The molecule has 0 saturated carbocycles. The van der Waals surface area contributed by atoms with Gasteiger partial charge in [-0.05, 0) is 0 Å². The Balaban J connectivity index is 0.000000291. The van der Waals surface area contributed by atoms with Crippen molar-refractivity contribution in [2.24, 2.45) is 0 Å². The van der Waals surface area contributed by atoms with Crippen LogP contribution in [0.25, 0.3) is 0 Å². The average molecular weight is 127 g/mol. The van der Waals surface area contributed by atoms with E-state index < -0.39 is 0 Å². The molecule has 0 N–H and O–H groups in total. The number of hydrogen-bond donors (Lipinski definition) is 0. The number of nitrogens with zero attached hydrogens (tertiary/aromatic N) is 1. The summed E-state index contributed by atoms with van der Waals surface area (Å²) in [4.78, 5) is 1.91. The van der Waals surface area contributed by atoms with E-state index in [0.29, 0.717) is 0 Å². The van der Waals surface area contributed by atoms with Gasteiger partial charge >= 0.3 is 0 Å². The summed E-state index contributed by atoms with van der Waals surface area (Å²) in [5.41, 5.74) is 0. The molecule has 0 amide bonds. The largest absolute Gasteiger partial charge is 0.470 e. The highest BCUT2D eigenvalue weighted by molar-refractivity contribution is 4.89. The van der Waals surface area contributed by atoms with E-state index in [4.69, 9.17) is 4.74 Å². The van der Waals surface area contributed by atoms with E-state index in [1.807, 2.05) is 38.2 Å². The highest BCUT2D eigenvalue weighted by Gasteiger charge is 1.84. The van der Waals surface area contributed by atoms with Gasteiger partial charge in [-0.2, -0.15) is 0 Å². The Bertz CT molecular complexity index is 95.5. The highest BCUT2D eigenvalue weighted by atomic mass is 16.5.